The van der Waals surface area contributed by atoms with E-state index in [1.165, 1.54) is 31.5 Å². The Bertz CT molecular complexity index is 655. The molecule has 1 aromatic carbocycles. The Labute approximate surface area is 138 Å². The number of nitrogens with zero attached hydrogens (tertiary/aromatic N) is 4. The fraction of sp³-hybridized carbons (Fsp3) is 0.526. The largest absolute Gasteiger partial charge is 0.366 e. The van der Waals surface area contributed by atoms with Crippen LogP contribution in [0.15, 0.2) is 36.7 Å². The van der Waals surface area contributed by atoms with Crippen LogP contribution in [0.1, 0.15) is 29.9 Å². The molecule has 4 heteroatoms. The Hall–Kier alpha value is -1.81. The van der Waals surface area contributed by atoms with Crippen molar-refractivity contribution in [2.45, 2.75) is 25.2 Å². The number of hydrogen-bond acceptors (Lipinski definition) is 3. The van der Waals surface area contributed by atoms with Crippen LogP contribution in [0, 0.1) is 0 Å². The lowest BCUT2D eigenvalue weighted by Gasteiger charge is -2.38. The Morgan fingerprint density at radius 1 is 1.13 bits per heavy atom. The average molecular weight is 310 g/mol. The highest BCUT2D eigenvalue weighted by Crippen LogP contribution is 2.32. The molecule has 0 amide bonds. The SMILES string of the molecule is Cn1cc(N2CCN(C[C@@H]3CCCc4ccccc43)CC2)cn1. The number of hydrogen-bond donors (Lipinski definition) is 0. The fourth-order valence-electron chi connectivity index (χ4n) is 4.12. The minimum Gasteiger partial charge on any atom is -0.366 e. The normalized spacial score (nSPS) is 22.1. The molecule has 2 aromatic rings. The van der Waals surface area contributed by atoms with Gasteiger partial charge in [-0.15, -0.1) is 0 Å². The van der Waals surface area contributed by atoms with Crippen LogP contribution in [0.5, 0.6) is 0 Å². The lowest BCUT2D eigenvalue weighted by Crippen LogP contribution is -2.47. The molecule has 0 unspecified atom stereocenters. The molecule has 1 aliphatic carbocycles. The van der Waals surface area contributed by atoms with Gasteiger partial charge in [-0.25, -0.2) is 0 Å². The van der Waals surface area contributed by atoms with Crippen molar-refractivity contribution in [1.82, 2.24) is 14.7 Å². The molecule has 2 aliphatic rings. The van der Waals surface area contributed by atoms with Crippen molar-refractivity contribution in [1.29, 1.82) is 0 Å². The van der Waals surface area contributed by atoms with Crippen molar-refractivity contribution in [3.8, 4) is 0 Å². The molecular weight excluding hydrogens is 284 g/mol. The van der Waals surface area contributed by atoms with Gasteiger partial charge in [0.1, 0.15) is 0 Å². The molecule has 0 N–H and O–H groups in total. The average Bonchev–Trinajstić information content (AvgIpc) is 3.02. The summed E-state index contributed by atoms with van der Waals surface area (Å²) < 4.78 is 1.89. The van der Waals surface area contributed by atoms with Crippen LogP contribution < -0.4 is 4.90 Å². The molecular formula is C19H26N4. The van der Waals surface area contributed by atoms with E-state index in [0.29, 0.717) is 0 Å². The molecule has 2 heterocycles. The minimum atomic E-state index is 0.727. The standard InChI is InChI=1S/C19H26N4/c1-21-15-18(13-20-21)23-11-9-22(10-12-23)14-17-7-4-6-16-5-2-3-8-19(16)17/h2-3,5,8,13,15,17H,4,6-7,9-12,14H2,1H3/t17-/m0/s1. The maximum Gasteiger partial charge on any atom is 0.0753 e. The van der Waals surface area contributed by atoms with E-state index < -0.39 is 0 Å². The summed E-state index contributed by atoms with van der Waals surface area (Å²) >= 11 is 0. The molecule has 0 radical (unpaired) electrons. The van der Waals surface area contributed by atoms with Crippen LogP contribution in [0.2, 0.25) is 0 Å². The zero-order chi connectivity index (χ0) is 15.6. The summed E-state index contributed by atoms with van der Waals surface area (Å²) in [6.07, 6.45) is 8.05. The van der Waals surface area contributed by atoms with Crippen molar-refractivity contribution in [3.63, 3.8) is 0 Å². The highest BCUT2D eigenvalue weighted by molar-refractivity contribution is 5.42. The van der Waals surface area contributed by atoms with Crippen LogP contribution in [-0.4, -0.2) is 47.4 Å². The van der Waals surface area contributed by atoms with Crippen LogP contribution in [-0.2, 0) is 13.5 Å². The van der Waals surface area contributed by atoms with Crippen LogP contribution in [0.4, 0.5) is 5.69 Å². The van der Waals surface area contributed by atoms with E-state index in [0.717, 1.165) is 32.1 Å². The zero-order valence-corrected chi connectivity index (χ0v) is 14.0. The molecule has 122 valence electrons. The Kier molecular flexibility index (Phi) is 4.08. The quantitative estimate of drug-likeness (QED) is 0.871. The lowest BCUT2D eigenvalue weighted by atomic mass is 9.82. The molecule has 0 spiro atoms. The van der Waals surface area contributed by atoms with E-state index in [1.54, 1.807) is 11.1 Å². The van der Waals surface area contributed by atoms with E-state index in [1.807, 2.05) is 17.9 Å². The number of fused-ring (bicyclic) bond motifs is 1. The third-order valence-corrected chi connectivity index (χ3v) is 5.40. The van der Waals surface area contributed by atoms with E-state index in [-0.39, 0.29) is 0 Å². The third-order valence-electron chi connectivity index (χ3n) is 5.40. The smallest absolute Gasteiger partial charge is 0.0753 e. The molecule has 23 heavy (non-hydrogen) atoms. The number of piperazine rings is 1. The first kappa shape index (κ1) is 14.8. The van der Waals surface area contributed by atoms with E-state index in [2.05, 4.69) is 45.4 Å². The van der Waals surface area contributed by atoms with E-state index >= 15 is 0 Å². The first-order valence-electron chi connectivity index (χ1n) is 8.83. The summed E-state index contributed by atoms with van der Waals surface area (Å²) in [6.45, 7) is 5.76. The third kappa shape index (κ3) is 3.13. The second-order valence-electron chi connectivity index (χ2n) is 6.95. The van der Waals surface area contributed by atoms with Crippen molar-refractivity contribution < 1.29 is 0 Å². The second kappa shape index (κ2) is 6.36. The molecule has 1 aliphatic heterocycles. The van der Waals surface area contributed by atoms with Crippen LogP contribution in [0.25, 0.3) is 0 Å². The number of aromatic nitrogens is 2. The highest BCUT2D eigenvalue weighted by atomic mass is 15.3. The molecule has 1 atom stereocenters. The van der Waals surface area contributed by atoms with Gasteiger partial charge in [-0.2, -0.15) is 5.10 Å². The second-order valence-corrected chi connectivity index (χ2v) is 6.95. The summed E-state index contributed by atoms with van der Waals surface area (Å²) in [6, 6.07) is 9.07. The topological polar surface area (TPSA) is 24.3 Å². The first-order valence-corrected chi connectivity index (χ1v) is 8.83. The predicted octanol–water partition coefficient (Wildman–Crippen LogP) is 2.66. The minimum absolute atomic E-state index is 0.727. The molecule has 0 bridgehead atoms. The van der Waals surface area contributed by atoms with Gasteiger partial charge < -0.3 is 4.90 Å². The van der Waals surface area contributed by atoms with Gasteiger partial charge in [-0.05, 0) is 36.3 Å². The van der Waals surface area contributed by atoms with Crippen LogP contribution >= 0.6 is 0 Å². The van der Waals surface area contributed by atoms with Crippen molar-refractivity contribution in [2.75, 3.05) is 37.6 Å². The summed E-state index contributed by atoms with van der Waals surface area (Å²) in [5.41, 5.74) is 4.45. The Morgan fingerprint density at radius 2 is 1.96 bits per heavy atom. The number of anilines is 1. The summed E-state index contributed by atoms with van der Waals surface area (Å²) in [5, 5.41) is 4.29. The molecule has 4 rings (SSSR count). The lowest BCUT2D eigenvalue weighted by molar-refractivity contribution is 0.234. The zero-order valence-electron chi connectivity index (χ0n) is 14.0. The van der Waals surface area contributed by atoms with Gasteiger partial charge in [-0.1, -0.05) is 24.3 Å². The molecule has 1 fully saturated rings. The van der Waals surface area contributed by atoms with E-state index in [9.17, 15) is 0 Å². The Balaban J connectivity index is 1.37. The number of aryl methyl sites for hydroxylation is 2. The summed E-state index contributed by atoms with van der Waals surface area (Å²) in [4.78, 5) is 5.11. The Morgan fingerprint density at radius 3 is 2.74 bits per heavy atom. The number of rotatable bonds is 3. The molecule has 0 saturated carbocycles. The maximum atomic E-state index is 4.29. The highest BCUT2D eigenvalue weighted by Gasteiger charge is 2.24. The number of benzene rings is 1. The van der Waals surface area contributed by atoms with Gasteiger partial charge in [0.25, 0.3) is 0 Å². The monoisotopic (exact) mass is 310 g/mol. The van der Waals surface area contributed by atoms with Crippen molar-refractivity contribution >= 4 is 5.69 Å². The first-order chi connectivity index (χ1) is 11.3. The van der Waals surface area contributed by atoms with Gasteiger partial charge in [0.2, 0.25) is 0 Å². The van der Waals surface area contributed by atoms with Gasteiger partial charge in [0, 0.05) is 46.0 Å². The molecule has 1 saturated heterocycles. The van der Waals surface area contributed by atoms with Crippen molar-refractivity contribution in [2.24, 2.45) is 7.05 Å². The van der Waals surface area contributed by atoms with Gasteiger partial charge in [0.05, 0.1) is 11.9 Å². The van der Waals surface area contributed by atoms with E-state index in [4.69, 9.17) is 0 Å². The fourth-order valence-corrected chi connectivity index (χ4v) is 4.12. The predicted molar refractivity (Wildman–Crippen MR) is 94.0 cm³/mol. The van der Waals surface area contributed by atoms with Gasteiger partial charge in [0.15, 0.2) is 0 Å². The van der Waals surface area contributed by atoms with Gasteiger partial charge in [-0.3, -0.25) is 9.58 Å². The summed E-state index contributed by atoms with van der Waals surface area (Å²) in [7, 11) is 1.99. The maximum absolute atomic E-state index is 4.29. The van der Waals surface area contributed by atoms with Crippen molar-refractivity contribution in [3.05, 3.63) is 47.8 Å². The molecule has 4 nitrogen and oxygen atoms in total. The van der Waals surface area contributed by atoms with Gasteiger partial charge >= 0.3 is 0 Å². The van der Waals surface area contributed by atoms with Crippen LogP contribution in [0.3, 0.4) is 0 Å². The molecule has 1 aromatic heterocycles. The summed E-state index contributed by atoms with van der Waals surface area (Å²) in [5.74, 6) is 0.727.